The maximum absolute atomic E-state index is 11.2. The molecule has 0 spiro atoms. The largest absolute Gasteiger partial charge is 0.339 e. The van der Waals surface area contributed by atoms with Gasteiger partial charge < -0.3 is 4.52 Å². The first-order valence-corrected chi connectivity index (χ1v) is 6.92. The average Bonchev–Trinajstić information content (AvgIpc) is 2.86. The SMILES string of the molecule is CCc1nc(Cn2cc(S(C)(=O)=O)cn2)no1. The first-order valence-electron chi connectivity index (χ1n) is 5.03. The van der Waals surface area contributed by atoms with Gasteiger partial charge in [-0.25, -0.2) is 8.42 Å². The fraction of sp³-hybridized carbons (Fsp3) is 0.444. The van der Waals surface area contributed by atoms with Gasteiger partial charge in [0.25, 0.3) is 0 Å². The van der Waals surface area contributed by atoms with Crippen LogP contribution in [-0.4, -0.2) is 34.6 Å². The monoisotopic (exact) mass is 256 g/mol. The van der Waals surface area contributed by atoms with E-state index in [0.29, 0.717) is 24.7 Å². The topological polar surface area (TPSA) is 90.9 Å². The van der Waals surface area contributed by atoms with Gasteiger partial charge in [-0.2, -0.15) is 10.1 Å². The molecule has 92 valence electrons. The van der Waals surface area contributed by atoms with Crippen molar-refractivity contribution in [2.75, 3.05) is 6.26 Å². The molecular formula is C9H12N4O3S. The Bertz CT molecular complexity index is 614. The lowest BCUT2D eigenvalue weighted by molar-refractivity contribution is 0.374. The molecular weight excluding hydrogens is 244 g/mol. The Balaban J connectivity index is 2.17. The van der Waals surface area contributed by atoms with Gasteiger partial charge in [-0.05, 0) is 0 Å². The van der Waals surface area contributed by atoms with E-state index in [2.05, 4.69) is 15.2 Å². The molecule has 0 radical (unpaired) electrons. The normalized spacial score (nSPS) is 11.9. The van der Waals surface area contributed by atoms with Gasteiger partial charge in [-0.3, -0.25) is 4.68 Å². The summed E-state index contributed by atoms with van der Waals surface area (Å²) in [5.41, 5.74) is 0. The van der Waals surface area contributed by atoms with E-state index in [0.717, 1.165) is 6.26 Å². The Kier molecular flexibility index (Phi) is 2.97. The minimum Gasteiger partial charge on any atom is -0.339 e. The van der Waals surface area contributed by atoms with E-state index in [9.17, 15) is 8.42 Å². The summed E-state index contributed by atoms with van der Waals surface area (Å²) in [7, 11) is -3.22. The summed E-state index contributed by atoms with van der Waals surface area (Å²) in [6.07, 6.45) is 4.55. The van der Waals surface area contributed by atoms with Crippen molar-refractivity contribution in [2.24, 2.45) is 0 Å². The van der Waals surface area contributed by atoms with Crippen LogP contribution in [0.3, 0.4) is 0 Å². The van der Waals surface area contributed by atoms with E-state index < -0.39 is 9.84 Å². The average molecular weight is 256 g/mol. The summed E-state index contributed by atoms with van der Waals surface area (Å²) in [6.45, 7) is 2.20. The van der Waals surface area contributed by atoms with Crippen LogP contribution in [0.4, 0.5) is 0 Å². The lowest BCUT2D eigenvalue weighted by Gasteiger charge is -1.94. The van der Waals surface area contributed by atoms with Crippen LogP contribution in [0.15, 0.2) is 21.8 Å². The molecule has 0 atom stereocenters. The second-order valence-corrected chi connectivity index (χ2v) is 5.62. The van der Waals surface area contributed by atoms with Crippen LogP contribution < -0.4 is 0 Å². The molecule has 0 unspecified atom stereocenters. The predicted octanol–water partition coefficient (Wildman–Crippen LogP) is 0.280. The molecule has 0 saturated heterocycles. The third kappa shape index (κ3) is 2.70. The summed E-state index contributed by atoms with van der Waals surface area (Å²) < 4.78 is 28.9. The van der Waals surface area contributed by atoms with E-state index in [4.69, 9.17) is 4.52 Å². The van der Waals surface area contributed by atoms with Gasteiger partial charge in [0.2, 0.25) is 5.89 Å². The fourth-order valence-corrected chi connectivity index (χ4v) is 1.82. The summed E-state index contributed by atoms with van der Waals surface area (Å²) in [5, 5.41) is 7.69. The van der Waals surface area contributed by atoms with Crippen LogP contribution in [0.2, 0.25) is 0 Å². The molecule has 0 N–H and O–H groups in total. The zero-order valence-electron chi connectivity index (χ0n) is 9.49. The lowest BCUT2D eigenvalue weighted by atomic mass is 10.5. The van der Waals surface area contributed by atoms with Gasteiger partial charge in [0.15, 0.2) is 15.7 Å². The predicted molar refractivity (Wildman–Crippen MR) is 58.1 cm³/mol. The zero-order valence-corrected chi connectivity index (χ0v) is 10.3. The molecule has 0 aromatic carbocycles. The van der Waals surface area contributed by atoms with Gasteiger partial charge in [-0.15, -0.1) is 0 Å². The number of nitrogens with zero attached hydrogens (tertiary/aromatic N) is 4. The van der Waals surface area contributed by atoms with E-state index in [1.54, 1.807) is 0 Å². The minimum atomic E-state index is -3.22. The van der Waals surface area contributed by atoms with Crippen LogP contribution in [0.5, 0.6) is 0 Å². The van der Waals surface area contributed by atoms with E-state index >= 15 is 0 Å². The highest BCUT2D eigenvalue weighted by atomic mass is 32.2. The van der Waals surface area contributed by atoms with Crippen LogP contribution in [0, 0.1) is 0 Å². The van der Waals surface area contributed by atoms with Crippen molar-refractivity contribution in [3.63, 3.8) is 0 Å². The van der Waals surface area contributed by atoms with Crippen LogP contribution in [0.1, 0.15) is 18.6 Å². The minimum absolute atomic E-state index is 0.178. The first kappa shape index (κ1) is 11.8. The van der Waals surface area contributed by atoms with Gasteiger partial charge in [0.05, 0.1) is 6.20 Å². The molecule has 2 rings (SSSR count). The molecule has 2 heterocycles. The first-order chi connectivity index (χ1) is 7.99. The molecule has 2 aromatic rings. The van der Waals surface area contributed by atoms with E-state index in [1.807, 2.05) is 6.92 Å². The summed E-state index contributed by atoms with van der Waals surface area (Å²) in [6, 6.07) is 0. The van der Waals surface area contributed by atoms with Crippen LogP contribution in [-0.2, 0) is 22.8 Å². The fourth-order valence-electron chi connectivity index (χ4n) is 1.27. The summed E-state index contributed by atoms with van der Waals surface area (Å²) >= 11 is 0. The van der Waals surface area contributed by atoms with Crippen molar-refractivity contribution in [3.05, 3.63) is 24.1 Å². The second-order valence-electron chi connectivity index (χ2n) is 3.60. The molecule has 8 heteroatoms. The summed E-state index contributed by atoms with van der Waals surface area (Å²) in [5.74, 6) is 1.03. The van der Waals surface area contributed by atoms with Crippen molar-refractivity contribution < 1.29 is 12.9 Å². The Morgan fingerprint density at radius 3 is 2.76 bits per heavy atom. The molecule has 17 heavy (non-hydrogen) atoms. The van der Waals surface area contributed by atoms with Gasteiger partial charge >= 0.3 is 0 Å². The number of sulfone groups is 1. The molecule has 0 amide bonds. The lowest BCUT2D eigenvalue weighted by Crippen LogP contribution is -2.02. The van der Waals surface area contributed by atoms with Crippen molar-refractivity contribution in [2.45, 2.75) is 24.8 Å². The molecule has 0 bridgehead atoms. The van der Waals surface area contributed by atoms with Crippen LogP contribution in [0.25, 0.3) is 0 Å². The van der Waals surface area contributed by atoms with E-state index in [1.165, 1.54) is 17.1 Å². The molecule has 0 fully saturated rings. The maximum Gasteiger partial charge on any atom is 0.226 e. The molecule has 7 nitrogen and oxygen atoms in total. The Morgan fingerprint density at radius 2 is 2.24 bits per heavy atom. The van der Waals surface area contributed by atoms with Crippen molar-refractivity contribution in [3.8, 4) is 0 Å². The van der Waals surface area contributed by atoms with Crippen molar-refractivity contribution in [1.82, 2.24) is 19.9 Å². The molecule has 0 saturated carbocycles. The molecule has 0 aliphatic rings. The zero-order chi connectivity index (χ0) is 12.5. The number of aromatic nitrogens is 4. The highest BCUT2D eigenvalue weighted by Crippen LogP contribution is 2.07. The van der Waals surface area contributed by atoms with Crippen molar-refractivity contribution in [1.29, 1.82) is 0 Å². The van der Waals surface area contributed by atoms with Crippen LogP contribution >= 0.6 is 0 Å². The molecule has 0 aliphatic heterocycles. The molecule has 2 aromatic heterocycles. The highest BCUT2D eigenvalue weighted by Gasteiger charge is 2.11. The highest BCUT2D eigenvalue weighted by molar-refractivity contribution is 7.90. The molecule has 0 aliphatic carbocycles. The van der Waals surface area contributed by atoms with Crippen molar-refractivity contribution >= 4 is 9.84 Å². The Morgan fingerprint density at radius 1 is 1.47 bits per heavy atom. The maximum atomic E-state index is 11.2. The number of hydrogen-bond donors (Lipinski definition) is 0. The smallest absolute Gasteiger partial charge is 0.226 e. The van der Waals surface area contributed by atoms with Gasteiger partial charge in [-0.1, -0.05) is 12.1 Å². The third-order valence-corrected chi connectivity index (χ3v) is 3.22. The Hall–Kier alpha value is -1.70. The number of hydrogen-bond acceptors (Lipinski definition) is 6. The standard InChI is InChI=1S/C9H12N4O3S/c1-3-9-11-8(12-16-9)6-13-5-7(4-10-13)17(2,14)15/h4-5H,3,6H2,1-2H3. The Labute approximate surface area is 98.4 Å². The quantitative estimate of drug-likeness (QED) is 0.780. The number of aryl methyl sites for hydroxylation is 1. The van der Waals surface area contributed by atoms with Gasteiger partial charge in [0.1, 0.15) is 11.4 Å². The van der Waals surface area contributed by atoms with Gasteiger partial charge in [0, 0.05) is 18.9 Å². The summed E-state index contributed by atoms with van der Waals surface area (Å²) in [4.78, 5) is 4.28. The second kappa shape index (κ2) is 4.28. The van der Waals surface area contributed by atoms with E-state index in [-0.39, 0.29) is 4.90 Å². The third-order valence-electron chi connectivity index (χ3n) is 2.15. The number of rotatable bonds is 4.